The number of hydrogen-bond acceptors (Lipinski definition) is 0. The summed E-state index contributed by atoms with van der Waals surface area (Å²) in [4.78, 5) is 0. The minimum atomic E-state index is 1.26. The van der Waals surface area contributed by atoms with Crippen LogP contribution in [0.4, 0.5) is 0 Å². The van der Waals surface area contributed by atoms with Gasteiger partial charge in [-0.15, -0.1) is 0 Å². The normalized spacial score (nSPS) is 12.5. The molecule has 0 spiro atoms. The topological polar surface area (TPSA) is 0 Å². The lowest BCUT2D eigenvalue weighted by Crippen LogP contribution is -1.96. The Kier molecular flexibility index (Phi) is 8.37. The van der Waals surface area contributed by atoms with Gasteiger partial charge >= 0.3 is 0 Å². The van der Waals surface area contributed by atoms with Crippen molar-refractivity contribution in [1.82, 2.24) is 0 Å². The highest BCUT2D eigenvalue weighted by molar-refractivity contribution is 6.42. The Morgan fingerprint density at radius 3 is 0.632 bits per heavy atom. The molecule has 76 heavy (non-hydrogen) atoms. The van der Waals surface area contributed by atoms with E-state index in [2.05, 4.69) is 246 Å². The maximum atomic E-state index is 2.49. The second-order valence-corrected chi connectivity index (χ2v) is 21.9. The SMILES string of the molecule is Cc1ccccc1-c1c2c(c(-c3ccccc3C)c3cc4ccccc4cc13)-c1ccc3c4ccc5c6c(ccc(c7ccc-2c1c73)c64)-c1c-5c(-c2ccccc2C)c2cc3ccccc3cc2c1-c1ccccc1C. The van der Waals surface area contributed by atoms with E-state index in [4.69, 9.17) is 0 Å². The predicted molar refractivity (Wildman–Crippen MR) is 327 cm³/mol. The molecule has 352 valence electrons. The summed E-state index contributed by atoms with van der Waals surface area (Å²) in [5.74, 6) is 0. The van der Waals surface area contributed by atoms with E-state index in [1.165, 1.54) is 197 Å². The molecule has 0 heteroatoms. The quantitative estimate of drug-likeness (QED) is 0.122. The Bertz CT molecular complexity index is 4500. The minimum Gasteiger partial charge on any atom is -0.0620 e. The van der Waals surface area contributed by atoms with Gasteiger partial charge in [-0.05, 0) is 249 Å². The average Bonchev–Trinajstić information content (AvgIpc) is 4.09. The molecule has 0 aromatic heterocycles. The van der Waals surface area contributed by atoms with Crippen LogP contribution in [0.15, 0.2) is 218 Å². The molecule has 0 saturated heterocycles. The number of benzene rings is 15. The highest BCUT2D eigenvalue weighted by Gasteiger charge is 2.36. The number of aryl methyl sites for hydroxylation is 4. The molecule has 0 bridgehead atoms. The molecule has 15 aromatic rings. The van der Waals surface area contributed by atoms with Gasteiger partial charge in [-0.3, -0.25) is 0 Å². The van der Waals surface area contributed by atoms with Gasteiger partial charge in [0.2, 0.25) is 0 Å². The first kappa shape index (κ1) is 42.0. The average molecular weight is 961 g/mol. The third-order valence-corrected chi connectivity index (χ3v) is 18.0. The zero-order valence-electron chi connectivity index (χ0n) is 42.8. The summed E-state index contributed by atoms with van der Waals surface area (Å²) in [6.45, 7) is 9.13. The predicted octanol–water partition coefficient (Wildman–Crippen LogP) is 21.5. The van der Waals surface area contributed by atoms with Gasteiger partial charge < -0.3 is 0 Å². The summed E-state index contributed by atoms with van der Waals surface area (Å²) >= 11 is 0. The summed E-state index contributed by atoms with van der Waals surface area (Å²) in [7, 11) is 0. The van der Waals surface area contributed by atoms with Gasteiger partial charge in [0.15, 0.2) is 0 Å². The van der Waals surface area contributed by atoms with Crippen LogP contribution in [-0.2, 0) is 0 Å². The lowest BCUT2D eigenvalue weighted by Gasteiger charge is -2.22. The van der Waals surface area contributed by atoms with Crippen molar-refractivity contribution in [3.8, 4) is 89.0 Å². The summed E-state index contributed by atoms with van der Waals surface area (Å²) in [5, 5.41) is 20.9. The molecular weight excluding hydrogens is 913 g/mol. The third-order valence-electron chi connectivity index (χ3n) is 18.0. The van der Waals surface area contributed by atoms with Crippen molar-refractivity contribution in [2.75, 3.05) is 0 Å². The van der Waals surface area contributed by atoms with Crippen molar-refractivity contribution in [1.29, 1.82) is 0 Å². The second-order valence-electron chi connectivity index (χ2n) is 21.9. The smallest absolute Gasteiger partial charge is 0.000730 e. The Morgan fingerprint density at radius 2 is 0.395 bits per heavy atom. The second kappa shape index (κ2) is 15.1. The first-order valence-electron chi connectivity index (χ1n) is 26.9. The van der Waals surface area contributed by atoms with Gasteiger partial charge in [-0.25, -0.2) is 0 Å². The van der Waals surface area contributed by atoms with E-state index < -0.39 is 0 Å². The van der Waals surface area contributed by atoms with E-state index >= 15 is 0 Å². The van der Waals surface area contributed by atoms with E-state index in [1.54, 1.807) is 0 Å². The van der Waals surface area contributed by atoms with Gasteiger partial charge in [-0.2, -0.15) is 0 Å². The van der Waals surface area contributed by atoms with E-state index in [-0.39, 0.29) is 0 Å². The van der Waals surface area contributed by atoms with Crippen LogP contribution in [0.3, 0.4) is 0 Å². The summed E-state index contributed by atoms with van der Waals surface area (Å²) in [6, 6.07) is 83.7. The van der Waals surface area contributed by atoms with Crippen LogP contribution in [0.1, 0.15) is 22.3 Å². The molecule has 0 amide bonds. The van der Waals surface area contributed by atoms with E-state index in [1.807, 2.05) is 0 Å². The van der Waals surface area contributed by atoms with Crippen molar-refractivity contribution in [2.45, 2.75) is 27.7 Å². The monoisotopic (exact) mass is 960 g/mol. The van der Waals surface area contributed by atoms with Crippen LogP contribution in [0.5, 0.6) is 0 Å². The fourth-order valence-corrected chi connectivity index (χ4v) is 14.7. The molecule has 0 radical (unpaired) electrons. The summed E-state index contributed by atoms with van der Waals surface area (Å²) < 4.78 is 0. The van der Waals surface area contributed by atoms with Crippen molar-refractivity contribution in [2.24, 2.45) is 0 Å². The highest BCUT2D eigenvalue weighted by Crippen LogP contribution is 2.63. The molecule has 17 rings (SSSR count). The first-order valence-corrected chi connectivity index (χ1v) is 26.9. The molecule has 0 heterocycles. The Morgan fingerprint density at radius 1 is 0.171 bits per heavy atom. The van der Waals surface area contributed by atoms with Crippen molar-refractivity contribution in [3.05, 3.63) is 241 Å². The number of fused-ring (bicyclic) bond motifs is 12. The molecule has 0 nitrogen and oxygen atoms in total. The van der Waals surface area contributed by atoms with Gasteiger partial charge in [0.25, 0.3) is 0 Å². The molecule has 0 saturated carbocycles. The Hall–Kier alpha value is -9.36. The number of hydrogen-bond donors (Lipinski definition) is 0. The van der Waals surface area contributed by atoms with Gasteiger partial charge in [0.1, 0.15) is 0 Å². The first-order chi connectivity index (χ1) is 37.4. The zero-order chi connectivity index (χ0) is 50.2. The largest absolute Gasteiger partial charge is 0.0620 e. The molecule has 0 N–H and O–H groups in total. The van der Waals surface area contributed by atoms with Crippen molar-refractivity contribution < 1.29 is 0 Å². The maximum absolute atomic E-state index is 2.49. The van der Waals surface area contributed by atoms with E-state index in [0.717, 1.165) is 0 Å². The van der Waals surface area contributed by atoms with E-state index in [9.17, 15) is 0 Å². The van der Waals surface area contributed by atoms with Crippen LogP contribution in [0, 0.1) is 27.7 Å². The standard InChI is InChI=1S/C76H48/c1-41-17-5-13-25-49(41)65-61-37-45-21-9-10-22-46(45)38-62(61)66(50-26-14-6-18-42(50)2)74-58-34-30-54-56-32-36-60-72-59(35-31-55(70(56)72)53-29-33-57(73(65)74)71(58)69(53)54)75-67(51-27-15-7-19-43(51)3)63-39-47-23-11-12-24-48(47)40-64(63)68(76(60)75)52-28-16-8-20-44(52)4/h5-40H,1-4H3. The molecule has 2 aliphatic carbocycles. The minimum absolute atomic E-state index is 1.26. The highest BCUT2D eigenvalue weighted by atomic mass is 14.4. The Balaban J connectivity index is 1.02. The van der Waals surface area contributed by atoms with Crippen molar-refractivity contribution >= 4 is 86.2 Å². The summed E-state index contributed by atoms with van der Waals surface area (Å²) in [6.07, 6.45) is 0. The lowest BCUT2D eigenvalue weighted by atomic mass is 9.80. The van der Waals surface area contributed by atoms with Crippen LogP contribution in [0.2, 0.25) is 0 Å². The Labute approximate surface area is 441 Å². The summed E-state index contributed by atoms with van der Waals surface area (Å²) in [5.41, 5.74) is 26.2. The van der Waals surface area contributed by atoms with Crippen LogP contribution in [-0.4, -0.2) is 0 Å². The van der Waals surface area contributed by atoms with Crippen LogP contribution < -0.4 is 0 Å². The maximum Gasteiger partial charge on any atom is -0.000730 e. The van der Waals surface area contributed by atoms with Gasteiger partial charge in [-0.1, -0.05) is 194 Å². The molecular formula is C76H48. The molecule has 0 fully saturated rings. The van der Waals surface area contributed by atoms with E-state index in [0.29, 0.717) is 0 Å². The molecule has 0 unspecified atom stereocenters. The van der Waals surface area contributed by atoms with Crippen LogP contribution >= 0.6 is 0 Å². The van der Waals surface area contributed by atoms with Gasteiger partial charge in [0, 0.05) is 0 Å². The number of rotatable bonds is 4. The molecule has 15 aromatic carbocycles. The molecule has 2 aliphatic rings. The zero-order valence-corrected chi connectivity index (χ0v) is 42.8. The fraction of sp³-hybridized carbons (Fsp3) is 0.0526. The van der Waals surface area contributed by atoms with Crippen molar-refractivity contribution in [3.63, 3.8) is 0 Å². The fourth-order valence-electron chi connectivity index (χ4n) is 14.7. The van der Waals surface area contributed by atoms with Gasteiger partial charge in [0.05, 0.1) is 0 Å². The third kappa shape index (κ3) is 5.38. The van der Waals surface area contributed by atoms with Crippen LogP contribution in [0.25, 0.3) is 175 Å². The molecule has 0 atom stereocenters. The molecule has 0 aliphatic heterocycles. The lowest BCUT2D eigenvalue weighted by molar-refractivity contribution is 1.46.